The minimum atomic E-state index is -0.420. The summed E-state index contributed by atoms with van der Waals surface area (Å²) in [6.45, 7) is 4.38. The van der Waals surface area contributed by atoms with Gasteiger partial charge in [0.15, 0.2) is 11.5 Å². The highest BCUT2D eigenvalue weighted by molar-refractivity contribution is 9.10. The molecular weight excluding hydrogens is 386 g/mol. The number of nitrogens with zero attached hydrogens (tertiary/aromatic N) is 1. The molecule has 2 aromatic carbocycles. The Morgan fingerprint density at radius 2 is 2.04 bits per heavy atom. The van der Waals surface area contributed by atoms with Crippen molar-refractivity contribution >= 4 is 33.9 Å². The van der Waals surface area contributed by atoms with Gasteiger partial charge in [0.25, 0.3) is 0 Å². The fourth-order valence-corrected chi connectivity index (χ4v) is 2.34. The number of halogens is 1. The summed E-state index contributed by atoms with van der Waals surface area (Å²) < 4.78 is 11.7. The number of methoxy groups -OCH3 is 1. The Morgan fingerprint density at radius 1 is 1.24 bits per heavy atom. The van der Waals surface area contributed by atoms with Gasteiger partial charge in [-0.15, -0.1) is 0 Å². The van der Waals surface area contributed by atoms with Crippen LogP contribution in [-0.2, 0) is 0 Å². The molecule has 0 saturated carbocycles. The molecule has 0 aromatic heterocycles. The summed E-state index contributed by atoms with van der Waals surface area (Å²) in [6.07, 6.45) is 1.54. The molecule has 2 N–H and O–H groups in total. The van der Waals surface area contributed by atoms with Gasteiger partial charge in [-0.3, -0.25) is 0 Å². The first-order valence-electron chi connectivity index (χ1n) is 7.70. The SMILES string of the molecule is CCOc1cc(/C=N/NC(=O)Nc2ccc(Br)c(C)c2)ccc1OC. The highest BCUT2D eigenvalue weighted by Gasteiger charge is 2.05. The first-order valence-corrected chi connectivity index (χ1v) is 8.49. The van der Waals surface area contributed by atoms with Gasteiger partial charge in [-0.2, -0.15) is 5.10 Å². The van der Waals surface area contributed by atoms with E-state index in [2.05, 4.69) is 31.8 Å². The standard InChI is InChI=1S/C18H20BrN3O3/c1-4-25-17-10-13(5-8-16(17)24-3)11-20-22-18(23)21-14-6-7-15(19)12(2)9-14/h5-11H,4H2,1-3H3,(H2,21,22,23)/b20-11+. The van der Waals surface area contributed by atoms with Gasteiger partial charge in [-0.1, -0.05) is 15.9 Å². The van der Waals surface area contributed by atoms with Crippen LogP contribution in [0.4, 0.5) is 10.5 Å². The number of hydrogen-bond acceptors (Lipinski definition) is 4. The number of nitrogens with one attached hydrogen (secondary N) is 2. The van der Waals surface area contributed by atoms with E-state index in [1.54, 1.807) is 25.3 Å². The molecule has 2 aromatic rings. The second-order valence-electron chi connectivity index (χ2n) is 5.13. The molecule has 0 heterocycles. The molecular formula is C18H20BrN3O3. The number of benzene rings is 2. The van der Waals surface area contributed by atoms with E-state index in [1.165, 1.54) is 6.21 Å². The maximum Gasteiger partial charge on any atom is 0.339 e. The van der Waals surface area contributed by atoms with E-state index in [9.17, 15) is 4.79 Å². The Kier molecular flexibility index (Phi) is 6.82. The van der Waals surface area contributed by atoms with Crippen molar-refractivity contribution < 1.29 is 14.3 Å². The summed E-state index contributed by atoms with van der Waals surface area (Å²) >= 11 is 3.42. The van der Waals surface area contributed by atoms with Crippen LogP contribution in [0.25, 0.3) is 0 Å². The predicted octanol–water partition coefficient (Wildman–Crippen LogP) is 4.32. The van der Waals surface area contributed by atoms with Crippen LogP contribution in [0.3, 0.4) is 0 Å². The lowest BCUT2D eigenvalue weighted by Gasteiger charge is -2.09. The van der Waals surface area contributed by atoms with Crippen molar-refractivity contribution in [2.24, 2.45) is 5.10 Å². The number of urea groups is 1. The second-order valence-corrected chi connectivity index (χ2v) is 5.99. The lowest BCUT2D eigenvalue weighted by atomic mass is 10.2. The van der Waals surface area contributed by atoms with Gasteiger partial charge in [0.1, 0.15) is 0 Å². The summed E-state index contributed by atoms with van der Waals surface area (Å²) in [7, 11) is 1.58. The molecule has 0 fully saturated rings. The summed E-state index contributed by atoms with van der Waals surface area (Å²) in [5, 5.41) is 6.66. The van der Waals surface area contributed by atoms with Crippen LogP contribution < -0.4 is 20.2 Å². The number of hydrogen-bond donors (Lipinski definition) is 2. The summed E-state index contributed by atoms with van der Waals surface area (Å²) in [4.78, 5) is 11.9. The maximum absolute atomic E-state index is 11.9. The lowest BCUT2D eigenvalue weighted by Crippen LogP contribution is -2.24. The Hall–Kier alpha value is -2.54. The Balaban J connectivity index is 1.96. The average molecular weight is 406 g/mol. The molecule has 0 unspecified atom stereocenters. The summed E-state index contributed by atoms with van der Waals surface area (Å²) in [6, 6.07) is 10.5. The van der Waals surface area contributed by atoms with E-state index in [0.29, 0.717) is 23.8 Å². The number of aryl methyl sites for hydroxylation is 1. The number of amides is 2. The third-order valence-corrected chi connectivity index (χ3v) is 4.17. The third kappa shape index (κ3) is 5.49. The van der Waals surface area contributed by atoms with E-state index < -0.39 is 6.03 Å². The van der Waals surface area contributed by atoms with Gasteiger partial charge in [0, 0.05) is 10.2 Å². The van der Waals surface area contributed by atoms with Crippen molar-refractivity contribution in [1.29, 1.82) is 0 Å². The van der Waals surface area contributed by atoms with Crippen molar-refractivity contribution in [1.82, 2.24) is 5.43 Å². The normalized spacial score (nSPS) is 10.6. The zero-order chi connectivity index (χ0) is 18.2. The molecule has 0 atom stereocenters. The lowest BCUT2D eigenvalue weighted by molar-refractivity contribution is 0.252. The molecule has 0 bridgehead atoms. The minimum Gasteiger partial charge on any atom is -0.493 e. The van der Waals surface area contributed by atoms with Crippen molar-refractivity contribution in [3.05, 3.63) is 52.0 Å². The van der Waals surface area contributed by atoms with Gasteiger partial charge >= 0.3 is 6.03 Å². The highest BCUT2D eigenvalue weighted by atomic mass is 79.9. The highest BCUT2D eigenvalue weighted by Crippen LogP contribution is 2.27. The molecule has 0 aliphatic heterocycles. The quantitative estimate of drug-likeness (QED) is 0.555. The number of rotatable bonds is 6. The van der Waals surface area contributed by atoms with Crippen molar-refractivity contribution in [2.45, 2.75) is 13.8 Å². The zero-order valence-electron chi connectivity index (χ0n) is 14.3. The Bertz CT molecular complexity index is 778. The van der Waals surface area contributed by atoms with Gasteiger partial charge in [0.2, 0.25) is 0 Å². The third-order valence-electron chi connectivity index (χ3n) is 3.28. The number of carbonyl (C=O) groups excluding carboxylic acids is 1. The smallest absolute Gasteiger partial charge is 0.339 e. The minimum absolute atomic E-state index is 0.420. The van der Waals surface area contributed by atoms with Gasteiger partial charge in [-0.05, 0) is 61.4 Å². The maximum atomic E-state index is 11.9. The molecule has 0 aliphatic carbocycles. The molecule has 0 spiro atoms. The van der Waals surface area contributed by atoms with Crippen LogP contribution in [0.1, 0.15) is 18.1 Å². The fraction of sp³-hybridized carbons (Fsp3) is 0.222. The predicted molar refractivity (Wildman–Crippen MR) is 103 cm³/mol. The molecule has 2 rings (SSSR count). The zero-order valence-corrected chi connectivity index (χ0v) is 15.9. The number of anilines is 1. The van der Waals surface area contributed by atoms with Crippen molar-refractivity contribution in [2.75, 3.05) is 19.0 Å². The van der Waals surface area contributed by atoms with E-state index in [-0.39, 0.29) is 0 Å². The first-order chi connectivity index (χ1) is 12.0. The molecule has 6 nitrogen and oxygen atoms in total. The Labute approximate surface area is 155 Å². The molecule has 2 amide bonds. The first kappa shape index (κ1) is 18.8. The fourth-order valence-electron chi connectivity index (χ4n) is 2.09. The summed E-state index contributed by atoms with van der Waals surface area (Å²) in [5.74, 6) is 1.28. The van der Waals surface area contributed by atoms with Gasteiger partial charge < -0.3 is 14.8 Å². The van der Waals surface area contributed by atoms with E-state index >= 15 is 0 Å². The van der Waals surface area contributed by atoms with Crippen molar-refractivity contribution in [3.63, 3.8) is 0 Å². The van der Waals surface area contributed by atoms with E-state index in [4.69, 9.17) is 9.47 Å². The topological polar surface area (TPSA) is 72.0 Å². The average Bonchev–Trinajstić information content (AvgIpc) is 2.59. The molecule has 132 valence electrons. The Morgan fingerprint density at radius 3 is 2.72 bits per heavy atom. The van der Waals surface area contributed by atoms with Gasteiger partial charge in [-0.25, -0.2) is 10.2 Å². The summed E-state index contributed by atoms with van der Waals surface area (Å²) in [5.41, 5.74) is 4.93. The largest absolute Gasteiger partial charge is 0.493 e. The van der Waals surface area contributed by atoms with E-state index in [0.717, 1.165) is 15.6 Å². The van der Waals surface area contributed by atoms with Crippen LogP contribution in [0.15, 0.2) is 46.0 Å². The molecule has 0 radical (unpaired) electrons. The van der Waals surface area contributed by atoms with E-state index in [1.807, 2.05) is 32.0 Å². The second kappa shape index (κ2) is 9.08. The van der Waals surface area contributed by atoms with Crippen LogP contribution in [-0.4, -0.2) is 26.0 Å². The molecule has 0 aliphatic rings. The van der Waals surface area contributed by atoms with Crippen LogP contribution in [0.2, 0.25) is 0 Å². The molecule has 0 saturated heterocycles. The molecule has 7 heteroatoms. The number of ether oxygens (including phenoxy) is 2. The number of hydrazone groups is 1. The van der Waals surface area contributed by atoms with Crippen LogP contribution in [0.5, 0.6) is 11.5 Å². The van der Waals surface area contributed by atoms with Gasteiger partial charge in [0.05, 0.1) is 19.9 Å². The molecule has 25 heavy (non-hydrogen) atoms. The van der Waals surface area contributed by atoms with Crippen LogP contribution >= 0.6 is 15.9 Å². The number of carbonyl (C=O) groups is 1. The van der Waals surface area contributed by atoms with Crippen molar-refractivity contribution in [3.8, 4) is 11.5 Å². The van der Waals surface area contributed by atoms with Crippen LogP contribution in [0, 0.1) is 6.92 Å². The monoisotopic (exact) mass is 405 g/mol.